The van der Waals surface area contributed by atoms with Crippen molar-refractivity contribution < 1.29 is 28.2 Å². The Kier molecular flexibility index (Phi) is 4.26. The predicted octanol–water partition coefficient (Wildman–Crippen LogP) is 4.64. The van der Waals surface area contributed by atoms with Crippen LogP contribution in [0.3, 0.4) is 0 Å². The van der Waals surface area contributed by atoms with Gasteiger partial charge in [-0.1, -0.05) is 24.3 Å². The Labute approximate surface area is 149 Å². The lowest BCUT2D eigenvalue weighted by molar-refractivity contribution is -0.137. The monoisotopic (exact) mass is 360 g/mol. The third-order valence-electron chi connectivity index (χ3n) is 5.05. The summed E-state index contributed by atoms with van der Waals surface area (Å²) in [6.45, 7) is 0.342. The van der Waals surface area contributed by atoms with Crippen molar-refractivity contribution in [3.05, 3.63) is 58.7 Å². The van der Waals surface area contributed by atoms with E-state index in [4.69, 9.17) is 14.6 Å². The molecule has 26 heavy (non-hydrogen) atoms. The fourth-order valence-corrected chi connectivity index (χ4v) is 3.85. The van der Waals surface area contributed by atoms with Gasteiger partial charge in [0.15, 0.2) is 0 Å². The third-order valence-corrected chi connectivity index (χ3v) is 5.05. The maximum Gasteiger partial charge on any atom is 0.304 e. The SMILES string of the molecule is O=C(O)C[C@@H]1COc2cc(O[C@@H]3CCc4c(C(F)F)cccc43)ccc21. The highest BCUT2D eigenvalue weighted by molar-refractivity contribution is 5.68. The normalized spacial score (nSPS) is 20.6. The van der Waals surface area contributed by atoms with Crippen LogP contribution < -0.4 is 9.47 Å². The number of carboxylic acids is 1. The smallest absolute Gasteiger partial charge is 0.304 e. The second kappa shape index (κ2) is 6.59. The molecule has 6 heteroatoms. The molecule has 1 N–H and O–H groups in total. The van der Waals surface area contributed by atoms with Gasteiger partial charge in [-0.15, -0.1) is 0 Å². The van der Waals surface area contributed by atoms with Gasteiger partial charge in [0.2, 0.25) is 0 Å². The first-order valence-electron chi connectivity index (χ1n) is 8.58. The Hall–Kier alpha value is -2.63. The molecule has 0 saturated carbocycles. The average Bonchev–Trinajstić information content (AvgIpc) is 3.19. The fourth-order valence-electron chi connectivity index (χ4n) is 3.85. The molecule has 0 aromatic heterocycles. The molecule has 0 radical (unpaired) electrons. The minimum absolute atomic E-state index is 0.0274. The zero-order valence-corrected chi connectivity index (χ0v) is 14.0. The van der Waals surface area contributed by atoms with Crippen LogP contribution in [-0.2, 0) is 11.2 Å². The number of hydrogen-bond acceptors (Lipinski definition) is 3. The van der Waals surface area contributed by atoms with Crippen molar-refractivity contribution in [3.63, 3.8) is 0 Å². The minimum atomic E-state index is -2.48. The van der Waals surface area contributed by atoms with Crippen LogP contribution in [0, 0.1) is 0 Å². The molecular formula is C20H18F2O4. The average molecular weight is 360 g/mol. The zero-order valence-electron chi connectivity index (χ0n) is 14.0. The zero-order chi connectivity index (χ0) is 18.3. The van der Waals surface area contributed by atoms with Crippen LogP contribution in [0.25, 0.3) is 0 Å². The van der Waals surface area contributed by atoms with Crippen molar-refractivity contribution in [2.75, 3.05) is 6.61 Å². The molecule has 2 atom stereocenters. The van der Waals surface area contributed by atoms with Crippen LogP contribution in [0.2, 0.25) is 0 Å². The van der Waals surface area contributed by atoms with E-state index < -0.39 is 12.4 Å². The summed E-state index contributed by atoms with van der Waals surface area (Å²) in [5.41, 5.74) is 2.45. The quantitative estimate of drug-likeness (QED) is 0.844. The molecule has 0 fully saturated rings. The highest BCUT2D eigenvalue weighted by Crippen LogP contribution is 2.42. The van der Waals surface area contributed by atoms with Gasteiger partial charge in [0.25, 0.3) is 6.43 Å². The number of ether oxygens (including phenoxy) is 2. The van der Waals surface area contributed by atoms with Crippen LogP contribution in [0.1, 0.15) is 53.5 Å². The Morgan fingerprint density at radius 1 is 1.27 bits per heavy atom. The number of fused-ring (bicyclic) bond motifs is 2. The molecule has 0 bridgehead atoms. The van der Waals surface area contributed by atoms with E-state index >= 15 is 0 Å². The Morgan fingerprint density at radius 2 is 2.12 bits per heavy atom. The Morgan fingerprint density at radius 3 is 2.88 bits per heavy atom. The van der Waals surface area contributed by atoms with Gasteiger partial charge in [0.05, 0.1) is 13.0 Å². The van der Waals surface area contributed by atoms with Gasteiger partial charge in [-0.05, 0) is 30.0 Å². The van der Waals surface area contributed by atoms with Gasteiger partial charge < -0.3 is 14.6 Å². The molecule has 4 nitrogen and oxygen atoms in total. The molecule has 0 spiro atoms. The third kappa shape index (κ3) is 3.00. The van der Waals surface area contributed by atoms with E-state index in [0.717, 1.165) is 11.1 Å². The van der Waals surface area contributed by atoms with Crippen LogP contribution in [0.4, 0.5) is 8.78 Å². The van der Waals surface area contributed by atoms with E-state index in [1.54, 1.807) is 18.2 Å². The molecule has 1 heterocycles. The molecule has 136 valence electrons. The topological polar surface area (TPSA) is 55.8 Å². The first-order valence-corrected chi connectivity index (χ1v) is 8.58. The molecule has 4 rings (SSSR count). The number of hydrogen-bond donors (Lipinski definition) is 1. The number of aliphatic carboxylic acids is 1. The van der Waals surface area contributed by atoms with Gasteiger partial charge in [-0.25, -0.2) is 8.78 Å². The van der Waals surface area contributed by atoms with E-state index in [2.05, 4.69) is 0 Å². The van der Waals surface area contributed by atoms with E-state index in [0.29, 0.717) is 36.5 Å². The minimum Gasteiger partial charge on any atom is -0.492 e. The van der Waals surface area contributed by atoms with Crippen LogP contribution in [0.15, 0.2) is 36.4 Å². The Balaban J connectivity index is 1.54. The second-order valence-corrected chi connectivity index (χ2v) is 6.67. The number of carboxylic acid groups (broad SMARTS) is 1. The van der Waals surface area contributed by atoms with Crippen LogP contribution >= 0.6 is 0 Å². The molecule has 1 aliphatic heterocycles. The first-order chi connectivity index (χ1) is 12.5. The van der Waals surface area contributed by atoms with Gasteiger partial charge in [-0.2, -0.15) is 0 Å². The molecule has 2 aromatic carbocycles. The summed E-state index contributed by atoms with van der Waals surface area (Å²) in [7, 11) is 0. The standard InChI is InChI=1S/C20H18F2O4/c21-20(22)16-3-1-2-15-14(16)6-7-17(15)26-12-4-5-13-11(8-19(23)24)10-25-18(13)9-12/h1-5,9,11,17,20H,6-8,10H2,(H,23,24)/t11-,17-/m1/s1. The lowest BCUT2D eigenvalue weighted by Crippen LogP contribution is -2.07. The van der Waals surface area contributed by atoms with Gasteiger partial charge in [0.1, 0.15) is 17.6 Å². The number of benzene rings is 2. The first kappa shape index (κ1) is 16.8. The summed E-state index contributed by atoms with van der Waals surface area (Å²) in [4.78, 5) is 10.9. The molecular weight excluding hydrogens is 342 g/mol. The van der Waals surface area contributed by atoms with Crippen molar-refractivity contribution in [3.8, 4) is 11.5 Å². The lowest BCUT2D eigenvalue weighted by atomic mass is 9.98. The van der Waals surface area contributed by atoms with Crippen molar-refractivity contribution in [1.29, 1.82) is 0 Å². The molecule has 0 saturated heterocycles. The van der Waals surface area contributed by atoms with Gasteiger partial charge in [-0.3, -0.25) is 4.79 Å². The highest BCUT2D eigenvalue weighted by Gasteiger charge is 2.30. The summed E-state index contributed by atoms with van der Waals surface area (Å²) in [5.74, 6) is 0.217. The lowest BCUT2D eigenvalue weighted by Gasteiger charge is -2.16. The predicted molar refractivity (Wildman–Crippen MR) is 90.0 cm³/mol. The summed E-state index contributed by atoms with van der Waals surface area (Å²) >= 11 is 0. The van der Waals surface area contributed by atoms with Crippen LogP contribution in [0.5, 0.6) is 11.5 Å². The second-order valence-electron chi connectivity index (χ2n) is 6.67. The van der Waals surface area contributed by atoms with Crippen molar-refractivity contribution in [1.82, 2.24) is 0 Å². The summed E-state index contributed by atoms with van der Waals surface area (Å²) in [6.07, 6.45) is -1.50. The highest BCUT2D eigenvalue weighted by atomic mass is 19.3. The summed E-state index contributed by atoms with van der Waals surface area (Å²) in [5, 5.41) is 8.96. The summed E-state index contributed by atoms with van der Waals surface area (Å²) in [6, 6.07) is 10.3. The van der Waals surface area contributed by atoms with Crippen LogP contribution in [-0.4, -0.2) is 17.7 Å². The van der Waals surface area contributed by atoms with Crippen molar-refractivity contribution in [2.24, 2.45) is 0 Å². The molecule has 2 aromatic rings. The van der Waals surface area contributed by atoms with E-state index in [-0.39, 0.29) is 24.0 Å². The number of rotatable bonds is 5. The molecule has 2 aliphatic rings. The summed E-state index contributed by atoms with van der Waals surface area (Å²) < 4.78 is 37.9. The molecule has 1 aliphatic carbocycles. The van der Waals surface area contributed by atoms with Crippen molar-refractivity contribution in [2.45, 2.75) is 37.7 Å². The maximum absolute atomic E-state index is 13.2. The Bertz CT molecular complexity index is 850. The molecule has 0 unspecified atom stereocenters. The number of halogens is 2. The number of alkyl halides is 2. The maximum atomic E-state index is 13.2. The van der Waals surface area contributed by atoms with Gasteiger partial charge >= 0.3 is 5.97 Å². The van der Waals surface area contributed by atoms with E-state index in [9.17, 15) is 13.6 Å². The number of carbonyl (C=O) groups is 1. The molecule has 0 amide bonds. The van der Waals surface area contributed by atoms with Crippen molar-refractivity contribution >= 4 is 5.97 Å². The van der Waals surface area contributed by atoms with E-state index in [1.165, 1.54) is 6.07 Å². The van der Waals surface area contributed by atoms with E-state index in [1.807, 2.05) is 12.1 Å². The largest absolute Gasteiger partial charge is 0.492 e. The van der Waals surface area contributed by atoms with Gasteiger partial charge in [0, 0.05) is 23.1 Å². The fraction of sp³-hybridized carbons (Fsp3) is 0.350.